The van der Waals surface area contributed by atoms with E-state index in [1.165, 1.54) is 6.20 Å². The third kappa shape index (κ3) is 4.56. The van der Waals surface area contributed by atoms with E-state index in [1.807, 2.05) is 0 Å². The Hall–Kier alpha value is -1.41. The summed E-state index contributed by atoms with van der Waals surface area (Å²) < 4.78 is 24.7. The Morgan fingerprint density at radius 1 is 1.60 bits per heavy atom. The van der Waals surface area contributed by atoms with E-state index in [2.05, 4.69) is 14.9 Å². The molecule has 84 valence electrons. The monoisotopic (exact) mass is 233 g/mol. The minimum absolute atomic E-state index is 0.0853. The summed E-state index contributed by atoms with van der Waals surface area (Å²) in [6, 6.07) is 1.62. The maximum absolute atomic E-state index is 11.2. The van der Waals surface area contributed by atoms with Crippen molar-refractivity contribution in [2.75, 3.05) is 5.75 Å². The molecule has 0 atom stereocenters. The molecule has 0 aliphatic carbocycles. The largest absolute Gasteiger partial charge is 0.481 e. The molecule has 0 bridgehead atoms. The molecule has 0 aromatic carbocycles. The maximum Gasteiger partial charge on any atom is 0.304 e. The topological polar surface area (TPSA) is 112 Å². The summed E-state index contributed by atoms with van der Waals surface area (Å²) in [7, 11) is -3.53. The van der Waals surface area contributed by atoms with Gasteiger partial charge in [0, 0.05) is 6.20 Å². The number of aromatic amines is 1. The predicted molar refractivity (Wildman–Crippen MR) is 51.5 cm³/mol. The number of aliphatic carboxylic acids is 1. The highest BCUT2D eigenvalue weighted by Crippen LogP contribution is 1.95. The number of H-pyrrole nitrogens is 1. The van der Waals surface area contributed by atoms with Gasteiger partial charge in [-0.25, -0.2) is 13.1 Å². The Morgan fingerprint density at radius 2 is 2.33 bits per heavy atom. The number of nitrogens with one attached hydrogen (secondary N) is 2. The van der Waals surface area contributed by atoms with Crippen LogP contribution in [-0.2, 0) is 21.4 Å². The smallest absolute Gasteiger partial charge is 0.304 e. The second-order valence-corrected chi connectivity index (χ2v) is 4.79. The first kappa shape index (κ1) is 11.7. The van der Waals surface area contributed by atoms with Gasteiger partial charge in [-0.15, -0.1) is 0 Å². The first-order valence-electron chi connectivity index (χ1n) is 4.17. The molecule has 1 aromatic heterocycles. The van der Waals surface area contributed by atoms with Crippen LogP contribution in [-0.4, -0.2) is 35.4 Å². The van der Waals surface area contributed by atoms with Crippen molar-refractivity contribution in [3.8, 4) is 0 Å². The normalized spacial score (nSPS) is 11.5. The Balaban J connectivity index is 2.40. The van der Waals surface area contributed by atoms with Gasteiger partial charge in [-0.2, -0.15) is 5.10 Å². The average Bonchev–Trinajstić information content (AvgIpc) is 2.65. The van der Waals surface area contributed by atoms with E-state index in [4.69, 9.17) is 5.11 Å². The van der Waals surface area contributed by atoms with Crippen LogP contribution in [0.3, 0.4) is 0 Å². The van der Waals surface area contributed by atoms with Crippen LogP contribution in [0.1, 0.15) is 12.1 Å². The molecule has 0 saturated carbocycles. The molecular weight excluding hydrogens is 222 g/mol. The van der Waals surface area contributed by atoms with E-state index in [-0.39, 0.29) is 6.54 Å². The Bertz CT molecular complexity index is 411. The summed E-state index contributed by atoms with van der Waals surface area (Å²) in [5.74, 6) is -1.56. The average molecular weight is 233 g/mol. The Morgan fingerprint density at radius 3 is 2.87 bits per heavy atom. The Kier molecular flexibility index (Phi) is 3.81. The molecule has 0 radical (unpaired) electrons. The highest BCUT2D eigenvalue weighted by molar-refractivity contribution is 7.89. The molecule has 7 nitrogen and oxygen atoms in total. The van der Waals surface area contributed by atoms with Crippen molar-refractivity contribution in [3.63, 3.8) is 0 Å². The third-order valence-electron chi connectivity index (χ3n) is 1.63. The fraction of sp³-hybridized carbons (Fsp3) is 0.429. The molecule has 8 heteroatoms. The summed E-state index contributed by atoms with van der Waals surface area (Å²) >= 11 is 0. The summed E-state index contributed by atoms with van der Waals surface area (Å²) in [5, 5.41) is 14.5. The number of carboxylic acid groups (broad SMARTS) is 1. The molecule has 0 aliphatic heterocycles. The van der Waals surface area contributed by atoms with Gasteiger partial charge in [0.25, 0.3) is 0 Å². The van der Waals surface area contributed by atoms with Crippen LogP contribution in [0.2, 0.25) is 0 Å². The van der Waals surface area contributed by atoms with E-state index in [0.29, 0.717) is 5.69 Å². The van der Waals surface area contributed by atoms with Crippen LogP contribution in [0.5, 0.6) is 0 Å². The molecule has 0 fully saturated rings. The number of hydrogen-bond donors (Lipinski definition) is 3. The lowest BCUT2D eigenvalue weighted by Gasteiger charge is -2.03. The van der Waals surface area contributed by atoms with Crippen LogP contribution in [0, 0.1) is 0 Å². The molecule has 3 N–H and O–H groups in total. The maximum atomic E-state index is 11.2. The summed E-state index contributed by atoms with van der Waals surface area (Å²) in [4.78, 5) is 10.2. The van der Waals surface area contributed by atoms with Gasteiger partial charge in [0.15, 0.2) is 0 Å². The fourth-order valence-electron chi connectivity index (χ4n) is 0.865. The van der Waals surface area contributed by atoms with Crippen molar-refractivity contribution in [1.82, 2.24) is 14.9 Å². The lowest BCUT2D eigenvalue weighted by Crippen LogP contribution is -2.27. The molecule has 0 amide bonds. The lowest BCUT2D eigenvalue weighted by atomic mass is 10.4. The molecule has 1 aromatic rings. The molecule has 0 spiro atoms. The standard InChI is InChI=1S/C7H11N3O4S/c11-7(12)2-4-15(13,14)9-5-6-1-3-8-10-6/h1,3,9H,2,4-5H2,(H,8,10)(H,11,12). The van der Waals surface area contributed by atoms with E-state index in [0.717, 1.165) is 0 Å². The summed E-state index contributed by atoms with van der Waals surface area (Å²) in [6.07, 6.45) is 1.10. The zero-order valence-electron chi connectivity index (χ0n) is 7.80. The predicted octanol–water partition coefficient (Wildman–Crippen LogP) is -0.696. The highest BCUT2D eigenvalue weighted by Gasteiger charge is 2.12. The zero-order chi connectivity index (χ0) is 11.3. The molecule has 0 unspecified atom stereocenters. The quantitative estimate of drug-likeness (QED) is 0.601. The van der Waals surface area contributed by atoms with Gasteiger partial charge in [0.1, 0.15) is 0 Å². The van der Waals surface area contributed by atoms with Gasteiger partial charge >= 0.3 is 5.97 Å². The van der Waals surface area contributed by atoms with Gasteiger partial charge in [-0.3, -0.25) is 9.89 Å². The molecule has 1 rings (SSSR count). The summed E-state index contributed by atoms with van der Waals surface area (Å²) in [6.45, 7) is 0.0853. The molecule has 1 heterocycles. The molecule has 15 heavy (non-hydrogen) atoms. The van der Waals surface area contributed by atoms with Crippen molar-refractivity contribution in [1.29, 1.82) is 0 Å². The van der Waals surface area contributed by atoms with Crippen molar-refractivity contribution in [2.45, 2.75) is 13.0 Å². The number of carbonyl (C=O) groups is 1. The van der Waals surface area contributed by atoms with Gasteiger partial charge in [0.05, 0.1) is 24.4 Å². The van der Waals surface area contributed by atoms with Crippen LogP contribution in [0.4, 0.5) is 0 Å². The Labute approximate surface area is 86.6 Å². The molecule has 0 saturated heterocycles. The number of nitrogens with zero attached hydrogens (tertiary/aromatic N) is 1. The number of aromatic nitrogens is 2. The second-order valence-electron chi connectivity index (χ2n) is 2.87. The van der Waals surface area contributed by atoms with Crippen molar-refractivity contribution in [3.05, 3.63) is 18.0 Å². The lowest BCUT2D eigenvalue weighted by molar-refractivity contribution is -0.136. The minimum Gasteiger partial charge on any atom is -0.481 e. The van der Waals surface area contributed by atoms with Gasteiger partial charge in [-0.1, -0.05) is 0 Å². The first-order valence-corrected chi connectivity index (χ1v) is 5.82. The van der Waals surface area contributed by atoms with E-state index in [1.54, 1.807) is 6.07 Å². The summed E-state index contributed by atoms with van der Waals surface area (Å²) in [5.41, 5.74) is 0.619. The number of hydrogen-bond acceptors (Lipinski definition) is 4. The fourth-order valence-corrected chi connectivity index (χ4v) is 1.83. The molecule has 0 aliphatic rings. The van der Waals surface area contributed by atoms with Crippen LogP contribution < -0.4 is 4.72 Å². The number of carboxylic acids is 1. The number of sulfonamides is 1. The third-order valence-corrected chi connectivity index (χ3v) is 2.95. The van der Waals surface area contributed by atoms with Gasteiger partial charge < -0.3 is 5.11 Å². The van der Waals surface area contributed by atoms with Crippen molar-refractivity contribution < 1.29 is 18.3 Å². The van der Waals surface area contributed by atoms with Crippen LogP contribution in [0.15, 0.2) is 12.3 Å². The van der Waals surface area contributed by atoms with Crippen molar-refractivity contribution >= 4 is 16.0 Å². The highest BCUT2D eigenvalue weighted by atomic mass is 32.2. The first-order chi connectivity index (χ1) is 6.99. The van der Waals surface area contributed by atoms with E-state index < -0.39 is 28.2 Å². The van der Waals surface area contributed by atoms with Gasteiger partial charge in [-0.05, 0) is 6.07 Å². The SMILES string of the molecule is O=C(O)CCS(=O)(=O)NCc1ccn[nH]1. The second kappa shape index (κ2) is 4.89. The van der Waals surface area contributed by atoms with Crippen LogP contribution in [0.25, 0.3) is 0 Å². The van der Waals surface area contributed by atoms with E-state index in [9.17, 15) is 13.2 Å². The number of rotatable bonds is 6. The van der Waals surface area contributed by atoms with E-state index >= 15 is 0 Å². The van der Waals surface area contributed by atoms with Gasteiger partial charge in [0.2, 0.25) is 10.0 Å². The van der Waals surface area contributed by atoms with Crippen molar-refractivity contribution in [2.24, 2.45) is 0 Å². The van der Waals surface area contributed by atoms with Crippen LogP contribution >= 0.6 is 0 Å². The minimum atomic E-state index is -3.53. The zero-order valence-corrected chi connectivity index (χ0v) is 8.62. The molecular formula is C7H11N3O4S.